The van der Waals surface area contributed by atoms with E-state index >= 15 is 0 Å². The highest BCUT2D eigenvalue weighted by molar-refractivity contribution is 5.67. The Morgan fingerprint density at radius 3 is 1.90 bits per heavy atom. The van der Waals surface area contributed by atoms with Crippen molar-refractivity contribution in [2.45, 2.75) is 44.2 Å². The first-order valence-corrected chi connectivity index (χ1v) is 9.72. The molecule has 3 nitrogen and oxygen atoms in total. The van der Waals surface area contributed by atoms with Crippen molar-refractivity contribution < 1.29 is 36.2 Å². The van der Waals surface area contributed by atoms with Gasteiger partial charge in [-0.25, -0.2) is 0 Å². The first-order chi connectivity index (χ1) is 14.4. The van der Waals surface area contributed by atoms with Gasteiger partial charge in [-0.3, -0.25) is 9.69 Å². The van der Waals surface area contributed by atoms with Crippen LogP contribution in [0.2, 0.25) is 0 Å². The lowest BCUT2D eigenvalue weighted by molar-refractivity contribution is -0.139. The Hall–Kier alpha value is -2.55. The van der Waals surface area contributed by atoms with Crippen LogP contribution in [0, 0.1) is 5.92 Å². The van der Waals surface area contributed by atoms with Crippen LogP contribution in [-0.4, -0.2) is 22.5 Å². The minimum atomic E-state index is -4.46. The Morgan fingerprint density at radius 1 is 0.903 bits per heavy atom. The van der Waals surface area contributed by atoms with E-state index in [1.807, 2.05) is 4.90 Å². The number of aliphatic carboxylic acids is 1. The fourth-order valence-electron chi connectivity index (χ4n) is 3.98. The lowest BCUT2D eigenvalue weighted by Crippen LogP contribution is -2.37. The van der Waals surface area contributed by atoms with Crippen molar-refractivity contribution in [2.24, 2.45) is 5.92 Å². The maximum Gasteiger partial charge on any atom is 0.416 e. The van der Waals surface area contributed by atoms with Crippen molar-refractivity contribution in [3.63, 3.8) is 0 Å². The number of nitrogens with zero attached hydrogens (tertiary/aromatic N) is 1. The summed E-state index contributed by atoms with van der Waals surface area (Å²) in [6.07, 6.45) is -7.90. The molecule has 1 aliphatic heterocycles. The predicted molar refractivity (Wildman–Crippen MR) is 101 cm³/mol. The van der Waals surface area contributed by atoms with Gasteiger partial charge in [0.1, 0.15) is 0 Å². The van der Waals surface area contributed by atoms with E-state index in [4.69, 9.17) is 5.11 Å². The van der Waals surface area contributed by atoms with E-state index in [9.17, 15) is 31.1 Å². The number of halogens is 6. The monoisotopic (exact) mass is 445 g/mol. The molecule has 0 unspecified atom stereocenters. The minimum Gasteiger partial charge on any atom is -0.481 e. The number of hydrogen-bond acceptors (Lipinski definition) is 2. The number of alkyl halides is 6. The van der Waals surface area contributed by atoms with Gasteiger partial charge in [0, 0.05) is 19.0 Å². The third-order valence-corrected chi connectivity index (χ3v) is 5.57. The Balaban J connectivity index is 1.82. The third kappa shape index (κ3) is 6.00. The summed E-state index contributed by atoms with van der Waals surface area (Å²) < 4.78 is 77.0. The summed E-state index contributed by atoms with van der Waals surface area (Å²) >= 11 is 0. The Kier molecular flexibility index (Phi) is 6.64. The van der Waals surface area contributed by atoms with Gasteiger partial charge in [0.15, 0.2) is 0 Å². The van der Waals surface area contributed by atoms with Crippen molar-refractivity contribution in [1.29, 1.82) is 0 Å². The normalized spacial score (nSPS) is 20.6. The van der Waals surface area contributed by atoms with Gasteiger partial charge in [0.2, 0.25) is 0 Å². The Labute approximate surface area is 175 Å². The summed E-state index contributed by atoms with van der Waals surface area (Å²) in [6, 6.07) is 9.19. The molecule has 1 saturated heterocycles. The molecule has 0 amide bonds. The van der Waals surface area contributed by atoms with E-state index in [1.165, 1.54) is 24.3 Å². The maximum absolute atomic E-state index is 12.9. The average Bonchev–Trinajstić information content (AvgIpc) is 2.68. The largest absolute Gasteiger partial charge is 0.481 e. The number of carboxylic acid groups (broad SMARTS) is 1. The lowest BCUT2D eigenvalue weighted by Gasteiger charge is -2.39. The topological polar surface area (TPSA) is 40.5 Å². The summed E-state index contributed by atoms with van der Waals surface area (Å²) in [7, 11) is 0. The van der Waals surface area contributed by atoms with Crippen molar-refractivity contribution >= 4 is 5.97 Å². The van der Waals surface area contributed by atoms with Gasteiger partial charge in [-0.05, 0) is 60.7 Å². The minimum absolute atomic E-state index is 0.0365. The van der Waals surface area contributed by atoms with E-state index < -0.39 is 29.4 Å². The van der Waals surface area contributed by atoms with Crippen LogP contribution >= 0.6 is 0 Å². The van der Waals surface area contributed by atoms with Gasteiger partial charge in [-0.15, -0.1) is 0 Å². The molecule has 0 aromatic heterocycles. The zero-order chi connectivity index (χ0) is 22.8. The highest BCUT2D eigenvalue weighted by Crippen LogP contribution is 2.38. The molecule has 31 heavy (non-hydrogen) atoms. The molecule has 0 radical (unpaired) electrons. The van der Waals surface area contributed by atoms with Crippen molar-refractivity contribution in [1.82, 2.24) is 4.90 Å². The second-order valence-electron chi connectivity index (χ2n) is 7.79. The average molecular weight is 445 g/mol. The van der Waals surface area contributed by atoms with Gasteiger partial charge in [-0.2, -0.15) is 26.3 Å². The van der Waals surface area contributed by atoms with Crippen molar-refractivity contribution in [2.75, 3.05) is 6.54 Å². The fourth-order valence-corrected chi connectivity index (χ4v) is 3.98. The number of carboxylic acids is 1. The van der Waals surface area contributed by atoms with Gasteiger partial charge in [0.25, 0.3) is 0 Å². The maximum atomic E-state index is 12.9. The first-order valence-electron chi connectivity index (χ1n) is 9.72. The van der Waals surface area contributed by atoms with Crippen LogP contribution in [0.4, 0.5) is 26.3 Å². The first kappa shape index (κ1) is 23.1. The summed E-state index contributed by atoms with van der Waals surface area (Å²) in [5, 5.41) is 9.11. The number of piperidine rings is 1. The van der Waals surface area contributed by atoms with E-state index in [0.717, 1.165) is 24.3 Å². The van der Waals surface area contributed by atoms with Crippen LogP contribution in [0.1, 0.15) is 47.6 Å². The molecule has 168 valence electrons. The smallest absolute Gasteiger partial charge is 0.416 e. The molecule has 1 fully saturated rings. The third-order valence-electron chi connectivity index (χ3n) is 5.57. The standard InChI is InChI=1S/C22H21F6NO2/c23-21(24,25)17-5-1-14(2-6-17)13-29-10-9-15(12-20(30)31)11-19(29)16-3-7-18(8-4-16)22(26,27)28/h1-8,15,19H,9-13H2,(H,30,31)/t15-,19+/m0/s1. The molecule has 0 spiro atoms. The van der Waals surface area contributed by atoms with Crippen LogP contribution in [0.25, 0.3) is 0 Å². The zero-order valence-electron chi connectivity index (χ0n) is 16.4. The number of carbonyl (C=O) groups is 1. The van der Waals surface area contributed by atoms with E-state index in [1.54, 1.807) is 0 Å². The highest BCUT2D eigenvalue weighted by Gasteiger charge is 2.34. The van der Waals surface area contributed by atoms with Crippen molar-refractivity contribution in [3.05, 3.63) is 70.8 Å². The molecular weight excluding hydrogens is 424 g/mol. The number of benzene rings is 2. The molecule has 1 aliphatic rings. The van der Waals surface area contributed by atoms with Crippen LogP contribution in [0.5, 0.6) is 0 Å². The van der Waals surface area contributed by atoms with Gasteiger partial charge in [-0.1, -0.05) is 24.3 Å². The van der Waals surface area contributed by atoms with E-state index in [-0.39, 0.29) is 18.4 Å². The Bertz CT molecular complexity index is 890. The van der Waals surface area contributed by atoms with Crippen LogP contribution in [0.3, 0.4) is 0 Å². The molecule has 0 saturated carbocycles. The molecule has 2 aromatic carbocycles. The zero-order valence-corrected chi connectivity index (χ0v) is 16.4. The molecular formula is C22H21F6NO2. The molecule has 0 bridgehead atoms. The van der Waals surface area contributed by atoms with Crippen molar-refractivity contribution in [3.8, 4) is 0 Å². The molecule has 2 atom stereocenters. The SMILES string of the molecule is O=C(O)C[C@H]1CCN(Cc2ccc(C(F)(F)F)cc2)[C@@H](c2ccc(C(F)(F)F)cc2)C1. The predicted octanol–water partition coefficient (Wildman–Crippen LogP) is 6.15. The summed E-state index contributed by atoms with van der Waals surface area (Å²) in [4.78, 5) is 13.1. The molecule has 9 heteroatoms. The quantitative estimate of drug-likeness (QED) is 0.561. The lowest BCUT2D eigenvalue weighted by atomic mass is 9.84. The fraction of sp³-hybridized carbons (Fsp3) is 0.409. The summed E-state index contributed by atoms with van der Waals surface area (Å²) in [6.45, 7) is 0.800. The molecule has 1 N–H and O–H groups in total. The highest BCUT2D eigenvalue weighted by atomic mass is 19.4. The molecule has 2 aromatic rings. The molecule has 3 rings (SSSR count). The van der Waals surface area contributed by atoms with Gasteiger partial charge < -0.3 is 5.11 Å². The molecule has 0 aliphatic carbocycles. The van der Waals surface area contributed by atoms with E-state index in [0.29, 0.717) is 37.1 Å². The number of rotatable bonds is 5. The number of likely N-dealkylation sites (tertiary alicyclic amines) is 1. The summed E-state index contributed by atoms with van der Waals surface area (Å²) in [5.74, 6) is -1.07. The van der Waals surface area contributed by atoms with Gasteiger partial charge >= 0.3 is 18.3 Å². The second kappa shape index (κ2) is 8.90. The summed E-state index contributed by atoms with van der Waals surface area (Å²) in [5.41, 5.74) is -0.268. The Morgan fingerprint density at radius 2 is 1.42 bits per heavy atom. The van der Waals surface area contributed by atoms with Crippen LogP contribution in [0.15, 0.2) is 48.5 Å². The second-order valence-corrected chi connectivity index (χ2v) is 7.79. The van der Waals surface area contributed by atoms with Crippen LogP contribution < -0.4 is 0 Å². The van der Waals surface area contributed by atoms with Gasteiger partial charge in [0.05, 0.1) is 11.1 Å². The number of hydrogen-bond donors (Lipinski definition) is 1. The van der Waals surface area contributed by atoms with E-state index in [2.05, 4.69) is 0 Å². The molecule has 1 heterocycles. The van der Waals surface area contributed by atoms with Crippen LogP contribution in [-0.2, 0) is 23.7 Å².